The summed E-state index contributed by atoms with van der Waals surface area (Å²) in [7, 11) is 0. The van der Waals surface area contributed by atoms with Gasteiger partial charge in [0, 0.05) is 12.2 Å². The SMILES string of the molecule is O=C(Nc1ccc2c(c1)CNCC2)c1cccc2[nH]c(CO)nc12. The molecule has 0 saturated heterocycles. The van der Waals surface area contributed by atoms with Crippen LogP contribution in [-0.2, 0) is 19.6 Å². The number of fused-ring (bicyclic) bond motifs is 2. The number of aromatic nitrogens is 2. The van der Waals surface area contributed by atoms with Crippen LogP contribution in [0.3, 0.4) is 0 Å². The van der Waals surface area contributed by atoms with E-state index in [9.17, 15) is 9.90 Å². The highest BCUT2D eigenvalue weighted by Crippen LogP contribution is 2.21. The van der Waals surface area contributed by atoms with Crippen LogP contribution >= 0.6 is 0 Å². The van der Waals surface area contributed by atoms with Gasteiger partial charge in [0.1, 0.15) is 17.9 Å². The monoisotopic (exact) mass is 322 g/mol. The predicted molar refractivity (Wildman–Crippen MR) is 91.8 cm³/mol. The van der Waals surface area contributed by atoms with Crippen molar-refractivity contribution in [1.29, 1.82) is 0 Å². The zero-order valence-corrected chi connectivity index (χ0v) is 13.1. The summed E-state index contributed by atoms with van der Waals surface area (Å²) in [4.78, 5) is 19.9. The number of nitrogens with one attached hydrogen (secondary N) is 3. The van der Waals surface area contributed by atoms with Gasteiger partial charge in [0.2, 0.25) is 0 Å². The molecule has 0 atom stereocenters. The molecular weight excluding hydrogens is 304 g/mol. The predicted octanol–water partition coefficient (Wildman–Crippen LogP) is 1.95. The van der Waals surface area contributed by atoms with Gasteiger partial charge in [0.25, 0.3) is 5.91 Å². The number of aliphatic hydroxyl groups is 1. The molecule has 1 amide bonds. The Balaban J connectivity index is 1.63. The van der Waals surface area contributed by atoms with Crippen LogP contribution in [0.1, 0.15) is 27.3 Å². The molecule has 4 rings (SSSR count). The van der Waals surface area contributed by atoms with Gasteiger partial charge in [0.05, 0.1) is 11.1 Å². The molecule has 0 saturated carbocycles. The smallest absolute Gasteiger partial charge is 0.257 e. The number of aromatic amines is 1. The first-order valence-electron chi connectivity index (χ1n) is 7.97. The van der Waals surface area contributed by atoms with Gasteiger partial charge in [-0.3, -0.25) is 4.79 Å². The van der Waals surface area contributed by atoms with Crippen LogP contribution in [0.4, 0.5) is 5.69 Å². The Hall–Kier alpha value is -2.70. The molecule has 6 heteroatoms. The van der Waals surface area contributed by atoms with Gasteiger partial charge in [-0.25, -0.2) is 4.98 Å². The van der Waals surface area contributed by atoms with Crippen LogP contribution in [0.15, 0.2) is 36.4 Å². The fourth-order valence-corrected chi connectivity index (χ4v) is 3.10. The molecule has 24 heavy (non-hydrogen) atoms. The van der Waals surface area contributed by atoms with E-state index in [0.29, 0.717) is 16.9 Å². The fourth-order valence-electron chi connectivity index (χ4n) is 3.10. The van der Waals surface area contributed by atoms with Crippen molar-refractivity contribution in [2.45, 2.75) is 19.6 Å². The molecule has 2 heterocycles. The maximum Gasteiger partial charge on any atom is 0.257 e. The van der Waals surface area contributed by atoms with E-state index in [2.05, 4.69) is 26.7 Å². The number of benzene rings is 2. The van der Waals surface area contributed by atoms with E-state index in [4.69, 9.17) is 0 Å². The summed E-state index contributed by atoms with van der Waals surface area (Å²) in [5.74, 6) is 0.241. The van der Waals surface area contributed by atoms with E-state index < -0.39 is 0 Å². The lowest BCUT2D eigenvalue weighted by Gasteiger charge is -2.18. The number of amides is 1. The van der Waals surface area contributed by atoms with Gasteiger partial charge >= 0.3 is 0 Å². The number of carbonyl (C=O) groups excluding carboxylic acids is 1. The molecule has 1 aliphatic heterocycles. The molecule has 6 nitrogen and oxygen atoms in total. The molecule has 0 aliphatic carbocycles. The highest BCUT2D eigenvalue weighted by molar-refractivity contribution is 6.11. The van der Waals surface area contributed by atoms with E-state index in [0.717, 1.165) is 30.7 Å². The summed E-state index contributed by atoms with van der Waals surface area (Å²) in [6.45, 7) is 1.63. The minimum atomic E-state index is -0.208. The van der Waals surface area contributed by atoms with Crippen molar-refractivity contribution < 1.29 is 9.90 Å². The largest absolute Gasteiger partial charge is 0.388 e. The second-order valence-corrected chi connectivity index (χ2v) is 5.91. The van der Waals surface area contributed by atoms with Gasteiger partial charge in [-0.2, -0.15) is 0 Å². The van der Waals surface area contributed by atoms with Crippen LogP contribution < -0.4 is 10.6 Å². The third-order valence-corrected chi connectivity index (χ3v) is 4.31. The molecule has 1 aromatic heterocycles. The summed E-state index contributed by atoms with van der Waals surface area (Å²) < 4.78 is 0. The lowest BCUT2D eigenvalue weighted by atomic mass is 10.0. The summed E-state index contributed by atoms with van der Waals surface area (Å²) in [5, 5.41) is 15.5. The number of aliphatic hydroxyl groups excluding tert-OH is 1. The van der Waals surface area contributed by atoms with Gasteiger partial charge < -0.3 is 20.7 Å². The van der Waals surface area contributed by atoms with Gasteiger partial charge in [-0.05, 0) is 48.4 Å². The molecule has 0 radical (unpaired) electrons. The third kappa shape index (κ3) is 2.66. The molecule has 0 bridgehead atoms. The summed E-state index contributed by atoms with van der Waals surface area (Å²) in [5.41, 5.74) is 5.12. The van der Waals surface area contributed by atoms with Crippen LogP contribution in [0.5, 0.6) is 0 Å². The lowest BCUT2D eigenvalue weighted by Crippen LogP contribution is -2.23. The average Bonchev–Trinajstić information content (AvgIpc) is 3.04. The quantitative estimate of drug-likeness (QED) is 0.593. The van der Waals surface area contributed by atoms with Gasteiger partial charge in [0.15, 0.2) is 0 Å². The van der Waals surface area contributed by atoms with Crippen molar-refractivity contribution in [2.75, 3.05) is 11.9 Å². The first kappa shape index (κ1) is 14.9. The first-order chi connectivity index (χ1) is 11.7. The van der Waals surface area contributed by atoms with Gasteiger partial charge in [-0.15, -0.1) is 0 Å². The van der Waals surface area contributed by atoms with E-state index in [1.165, 1.54) is 11.1 Å². The zero-order chi connectivity index (χ0) is 16.5. The van der Waals surface area contributed by atoms with E-state index >= 15 is 0 Å². The first-order valence-corrected chi connectivity index (χ1v) is 7.97. The minimum absolute atomic E-state index is 0.187. The minimum Gasteiger partial charge on any atom is -0.388 e. The average molecular weight is 322 g/mol. The number of nitrogens with zero attached hydrogens (tertiary/aromatic N) is 1. The second-order valence-electron chi connectivity index (χ2n) is 5.91. The molecule has 1 aliphatic rings. The number of hydrogen-bond acceptors (Lipinski definition) is 4. The summed E-state index contributed by atoms with van der Waals surface area (Å²) >= 11 is 0. The Morgan fingerprint density at radius 2 is 2.17 bits per heavy atom. The number of rotatable bonds is 3. The fraction of sp³-hybridized carbons (Fsp3) is 0.222. The van der Waals surface area contributed by atoms with Crippen molar-refractivity contribution in [2.24, 2.45) is 0 Å². The molecule has 0 unspecified atom stereocenters. The van der Waals surface area contributed by atoms with Gasteiger partial charge in [-0.1, -0.05) is 12.1 Å². The Morgan fingerprint density at radius 3 is 3.04 bits per heavy atom. The highest BCUT2D eigenvalue weighted by atomic mass is 16.3. The van der Waals surface area contributed by atoms with Crippen LogP contribution in [0.2, 0.25) is 0 Å². The summed E-state index contributed by atoms with van der Waals surface area (Å²) in [6, 6.07) is 11.4. The van der Waals surface area contributed by atoms with E-state index in [-0.39, 0.29) is 12.5 Å². The van der Waals surface area contributed by atoms with Crippen molar-refractivity contribution >= 4 is 22.6 Å². The molecule has 4 N–H and O–H groups in total. The van der Waals surface area contributed by atoms with E-state index in [1.807, 2.05) is 18.2 Å². The number of carbonyl (C=O) groups is 1. The third-order valence-electron chi connectivity index (χ3n) is 4.31. The number of anilines is 1. The zero-order valence-electron chi connectivity index (χ0n) is 13.1. The Labute approximate surface area is 138 Å². The Kier molecular flexibility index (Phi) is 3.76. The Bertz CT molecular complexity index is 917. The highest BCUT2D eigenvalue weighted by Gasteiger charge is 2.15. The van der Waals surface area contributed by atoms with Crippen molar-refractivity contribution in [3.05, 3.63) is 58.9 Å². The molecule has 0 fully saturated rings. The maximum absolute atomic E-state index is 12.7. The Morgan fingerprint density at radius 1 is 1.25 bits per heavy atom. The molecule has 2 aromatic carbocycles. The second kappa shape index (κ2) is 6.07. The molecule has 122 valence electrons. The standard InChI is InChI=1S/C18H18N4O2/c23-10-16-21-15-3-1-2-14(17(15)22-16)18(24)20-13-5-4-11-6-7-19-9-12(11)8-13/h1-5,8,19,23H,6-7,9-10H2,(H,20,24)(H,21,22). The van der Waals surface area contributed by atoms with Crippen LogP contribution in [0, 0.1) is 0 Å². The van der Waals surface area contributed by atoms with Crippen molar-refractivity contribution in [3.63, 3.8) is 0 Å². The lowest BCUT2D eigenvalue weighted by molar-refractivity contribution is 0.102. The molecule has 3 aromatic rings. The molecular formula is C18H18N4O2. The van der Waals surface area contributed by atoms with Crippen molar-refractivity contribution in [3.8, 4) is 0 Å². The summed E-state index contributed by atoms with van der Waals surface area (Å²) in [6.07, 6.45) is 1.01. The number of para-hydroxylation sites is 1. The molecule has 0 spiro atoms. The normalized spacial score (nSPS) is 13.7. The topological polar surface area (TPSA) is 90.0 Å². The van der Waals surface area contributed by atoms with Crippen LogP contribution in [-0.4, -0.2) is 27.5 Å². The number of hydrogen-bond donors (Lipinski definition) is 4. The maximum atomic E-state index is 12.7. The number of H-pyrrole nitrogens is 1. The van der Waals surface area contributed by atoms with Crippen LogP contribution in [0.25, 0.3) is 11.0 Å². The van der Waals surface area contributed by atoms with Crippen molar-refractivity contribution in [1.82, 2.24) is 15.3 Å². The number of imidazole rings is 1. The van der Waals surface area contributed by atoms with E-state index in [1.54, 1.807) is 12.1 Å².